The Morgan fingerprint density at radius 3 is 2.14 bits per heavy atom. The molecule has 0 rings (SSSR count). The summed E-state index contributed by atoms with van der Waals surface area (Å²) in [6.45, 7) is -0.678. The minimum absolute atomic E-state index is 0.0382. The lowest BCUT2D eigenvalue weighted by Gasteiger charge is -1.97. The van der Waals surface area contributed by atoms with Crippen LogP contribution >= 0.6 is 0 Å². The van der Waals surface area contributed by atoms with Gasteiger partial charge in [-0.3, -0.25) is 0 Å². The fourth-order valence-corrected chi connectivity index (χ4v) is 0.231. The first-order valence-electron chi connectivity index (χ1n) is 2.17. The van der Waals surface area contributed by atoms with Gasteiger partial charge in [0.15, 0.2) is 0 Å². The maximum atomic E-state index is 11.7. The smallest absolute Gasteiger partial charge is 0.125 e. The molecule has 2 N–H and O–H groups in total. The van der Waals surface area contributed by atoms with E-state index in [-0.39, 0.29) is 13.0 Å². The van der Waals surface area contributed by atoms with Crippen molar-refractivity contribution in [3.05, 3.63) is 0 Å². The minimum atomic E-state index is -1.25. The summed E-state index contributed by atoms with van der Waals surface area (Å²) in [5.74, 6) is 0. The molecule has 0 aromatic carbocycles. The lowest BCUT2D eigenvalue weighted by Crippen LogP contribution is -2.07. The molecule has 7 heavy (non-hydrogen) atoms. The molecule has 2 nitrogen and oxygen atoms in total. The molecule has 1 unspecified atom stereocenters. The highest BCUT2D eigenvalue weighted by molar-refractivity contribution is 4.49. The van der Waals surface area contributed by atoms with Crippen LogP contribution in [0.2, 0.25) is 0 Å². The molecule has 0 aliphatic heterocycles. The quantitative estimate of drug-likeness (QED) is 0.521. The van der Waals surface area contributed by atoms with Gasteiger partial charge in [0, 0.05) is 13.0 Å². The summed E-state index contributed by atoms with van der Waals surface area (Å²) >= 11 is 0. The van der Waals surface area contributed by atoms with Gasteiger partial charge in [-0.05, 0) is 0 Å². The molecule has 44 valence electrons. The van der Waals surface area contributed by atoms with Gasteiger partial charge in [0.2, 0.25) is 0 Å². The average molecular weight is 108 g/mol. The molecule has 0 spiro atoms. The molecule has 0 aromatic rings. The minimum Gasteiger partial charge on any atom is -0.396 e. The maximum Gasteiger partial charge on any atom is 0.125 e. The Morgan fingerprint density at radius 2 is 2.00 bits per heavy atom. The van der Waals surface area contributed by atoms with Crippen LogP contribution < -0.4 is 0 Å². The van der Waals surface area contributed by atoms with Crippen LogP contribution in [0.5, 0.6) is 0 Å². The molecule has 0 amide bonds. The third kappa shape index (κ3) is 3.69. The van der Waals surface area contributed by atoms with Crippen LogP contribution in [0.1, 0.15) is 6.42 Å². The SMILES string of the molecule is OCCC(F)CO. The van der Waals surface area contributed by atoms with Gasteiger partial charge in [-0.15, -0.1) is 0 Å². The second-order valence-corrected chi connectivity index (χ2v) is 1.29. The number of halogens is 1. The van der Waals surface area contributed by atoms with Crippen LogP contribution in [0.15, 0.2) is 0 Å². The van der Waals surface area contributed by atoms with Crippen molar-refractivity contribution in [1.29, 1.82) is 0 Å². The number of alkyl halides is 1. The van der Waals surface area contributed by atoms with Gasteiger partial charge in [0.1, 0.15) is 6.17 Å². The number of rotatable bonds is 3. The van der Waals surface area contributed by atoms with Crippen molar-refractivity contribution in [1.82, 2.24) is 0 Å². The Labute approximate surface area is 41.6 Å². The van der Waals surface area contributed by atoms with Gasteiger partial charge in [-0.25, -0.2) is 4.39 Å². The zero-order chi connectivity index (χ0) is 5.70. The summed E-state index contributed by atoms with van der Waals surface area (Å²) in [6.07, 6.45) is -1.21. The Bertz CT molecular complexity index is 40.7. The average Bonchev–Trinajstić information content (AvgIpc) is 1.68. The Kier molecular flexibility index (Phi) is 3.93. The number of aliphatic hydroxyl groups excluding tert-OH is 2. The second kappa shape index (κ2) is 4.02. The molecule has 3 heteroatoms. The van der Waals surface area contributed by atoms with E-state index in [4.69, 9.17) is 10.2 Å². The molecule has 0 fully saturated rings. The first-order chi connectivity index (χ1) is 3.31. The topological polar surface area (TPSA) is 40.5 Å². The summed E-state index contributed by atoms with van der Waals surface area (Å²) in [5.41, 5.74) is 0. The van der Waals surface area contributed by atoms with Crippen LogP contribution in [0.4, 0.5) is 4.39 Å². The fourth-order valence-electron chi connectivity index (χ4n) is 0.231. The largest absolute Gasteiger partial charge is 0.396 e. The molecule has 0 bridgehead atoms. The second-order valence-electron chi connectivity index (χ2n) is 1.29. The van der Waals surface area contributed by atoms with E-state index >= 15 is 0 Å². The number of hydrogen-bond donors (Lipinski definition) is 2. The highest BCUT2D eigenvalue weighted by atomic mass is 19.1. The van der Waals surface area contributed by atoms with Crippen LogP contribution in [0.25, 0.3) is 0 Å². The van der Waals surface area contributed by atoms with Crippen molar-refractivity contribution in [2.75, 3.05) is 13.2 Å². The van der Waals surface area contributed by atoms with Gasteiger partial charge in [0.25, 0.3) is 0 Å². The first kappa shape index (κ1) is 6.85. The number of hydrogen-bond acceptors (Lipinski definition) is 2. The number of aliphatic hydroxyl groups is 2. The standard InChI is InChI=1S/C4H9FO2/c5-4(3-7)1-2-6/h4,6-7H,1-3H2. The van der Waals surface area contributed by atoms with E-state index in [1.54, 1.807) is 0 Å². The third-order valence-electron chi connectivity index (χ3n) is 0.640. The van der Waals surface area contributed by atoms with E-state index in [9.17, 15) is 4.39 Å². The molecule has 0 radical (unpaired) electrons. The van der Waals surface area contributed by atoms with Crippen LogP contribution in [-0.2, 0) is 0 Å². The van der Waals surface area contributed by atoms with E-state index < -0.39 is 12.8 Å². The van der Waals surface area contributed by atoms with E-state index in [2.05, 4.69) is 0 Å². The van der Waals surface area contributed by atoms with E-state index in [0.29, 0.717) is 0 Å². The Balaban J connectivity index is 2.83. The zero-order valence-electron chi connectivity index (χ0n) is 3.97. The molecule has 0 aliphatic carbocycles. The first-order valence-corrected chi connectivity index (χ1v) is 2.17. The van der Waals surface area contributed by atoms with E-state index in [0.717, 1.165) is 0 Å². The molecular formula is C4H9FO2. The normalized spacial score (nSPS) is 14.1. The summed E-state index contributed by atoms with van der Waals surface area (Å²) in [7, 11) is 0. The fraction of sp³-hybridized carbons (Fsp3) is 1.00. The molecule has 0 aromatic heterocycles. The zero-order valence-corrected chi connectivity index (χ0v) is 3.97. The van der Waals surface area contributed by atoms with Crippen molar-refractivity contribution in [3.8, 4) is 0 Å². The van der Waals surface area contributed by atoms with Crippen LogP contribution in [0, 0.1) is 0 Å². The van der Waals surface area contributed by atoms with Crippen molar-refractivity contribution >= 4 is 0 Å². The summed E-state index contributed by atoms with van der Waals surface area (Å²) in [4.78, 5) is 0. The van der Waals surface area contributed by atoms with Gasteiger partial charge >= 0.3 is 0 Å². The highest BCUT2D eigenvalue weighted by Gasteiger charge is 1.99. The molecule has 1 atom stereocenters. The predicted molar refractivity (Wildman–Crippen MR) is 23.7 cm³/mol. The Morgan fingerprint density at radius 1 is 1.43 bits per heavy atom. The van der Waals surface area contributed by atoms with Crippen molar-refractivity contribution in [2.45, 2.75) is 12.6 Å². The maximum absolute atomic E-state index is 11.7. The van der Waals surface area contributed by atoms with Crippen molar-refractivity contribution in [3.63, 3.8) is 0 Å². The van der Waals surface area contributed by atoms with E-state index in [1.807, 2.05) is 0 Å². The van der Waals surface area contributed by atoms with E-state index in [1.165, 1.54) is 0 Å². The molecule has 0 heterocycles. The lowest BCUT2D eigenvalue weighted by atomic mass is 10.3. The molecule has 0 saturated heterocycles. The lowest BCUT2D eigenvalue weighted by molar-refractivity contribution is 0.144. The molecule has 0 saturated carbocycles. The van der Waals surface area contributed by atoms with Crippen molar-refractivity contribution < 1.29 is 14.6 Å². The van der Waals surface area contributed by atoms with Gasteiger partial charge < -0.3 is 10.2 Å². The van der Waals surface area contributed by atoms with Crippen molar-refractivity contribution in [2.24, 2.45) is 0 Å². The predicted octanol–water partition coefficient (Wildman–Crippen LogP) is -0.301. The molecule has 0 aliphatic rings. The summed E-state index contributed by atoms with van der Waals surface area (Å²) in [6, 6.07) is 0. The summed E-state index contributed by atoms with van der Waals surface area (Å²) in [5, 5.41) is 16.0. The summed E-state index contributed by atoms with van der Waals surface area (Å²) < 4.78 is 11.7. The van der Waals surface area contributed by atoms with Crippen LogP contribution in [0.3, 0.4) is 0 Å². The Hall–Kier alpha value is -0.150. The highest BCUT2D eigenvalue weighted by Crippen LogP contribution is 1.92. The third-order valence-corrected chi connectivity index (χ3v) is 0.640. The van der Waals surface area contributed by atoms with Gasteiger partial charge in [0.05, 0.1) is 6.61 Å². The van der Waals surface area contributed by atoms with Gasteiger partial charge in [-0.1, -0.05) is 0 Å². The monoisotopic (exact) mass is 108 g/mol. The van der Waals surface area contributed by atoms with Gasteiger partial charge in [-0.2, -0.15) is 0 Å². The van der Waals surface area contributed by atoms with Crippen LogP contribution in [-0.4, -0.2) is 29.6 Å². The molecular weight excluding hydrogens is 99.0 g/mol.